The first-order chi connectivity index (χ1) is 21.4. The van der Waals surface area contributed by atoms with Crippen LogP contribution in [-0.4, -0.2) is 23.7 Å². The van der Waals surface area contributed by atoms with E-state index >= 15 is 0 Å². The summed E-state index contributed by atoms with van der Waals surface area (Å²) < 4.78 is 6.94. The minimum atomic E-state index is 0.885. The van der Waals surface area contributed by atoms with E-state index in [9.17, 15) is 0 Å². The van der Waals surface area contributed by atoms with Gasteiger partial charge in [0.1, 0.15) is 17.2 Å². The van der Waals surface area contributed by atoms with Gasteiger partial charge in [0.2, 0.25) is 0 Å². The molecule has 0 radical (unpaired) electrons. The molecule has 0 amide bonds. The predicted octanol–water partition coefficient (Wildman–Crippen LogP) is 9.13. The maximum absolute atomic E-state index is 5.44. The lowest BCUT2D eigenvalue weighted by Crippen LogP contribution is -2.00. The van der Waals surface area contributed by atoms with Crippen molar-refractivity contribution in [3.05, 3.63) is 152 Å². The summed E-state index contributed by atoms with van der Waals surface area (Å²) in [4.78, 5) is 10.3. The molecule has 202 valence electrons. The van der Waals surface area contributed by atoms with Crippen LogP contribution in [0.4, 0.5) is 0 Å². The SMILES string of the molecule is c1ccc(-c2nc3c(c4c(ccc5c6ccccc6n(-c6ccccn6)c54)n3-c3ccccc3)n2-c2ccccc2)cc1. The van der Waals surface area contributed by atoms with Crippen molar-refractivity contribution in [2.45, 2.75) is 0 Å². The summed E-state index contributed by atoms with van der Waals surface area (Å²) in [6, 6.07) is 50.8. The van der Waals surface area contributed by atoms with Gasteiger partial charge in [0.15, 0.2) is 5.65 Å². The van der Waals surface area contributed by atoms with Gasteiger partial charge in [-0.15, -0.1) is 0 Å². The maximum Gasteiger partial charge on any atom is 0.165 e. The lowest BCUT2D eigenvalue weighted by Gasteiger charge is -2.12. The Kier molecular flexibility index (Phi) is 5.13. The fourth-order valence-electron chi connectivity index (χ4n) is 6.54. The maximum atomic E-state index is 5.44. The predicted molar refractivity (Wildman–Crippen MR) is 175 cm³/mol. The van der Waals surface area contributed by atoms with E-state index in [-0.39, 0.29) is 0 Å². The summed E-state index contributed by atoms with van der Waals surface area (Å²) in [5.41, 5.74) is 8.51. The van der Waals surface area contributed by atoms with Crippen molar-refractivity contribution in [3.63, 3.8) is 0 Å². The van der Waals surface area contributed by atoms with E-state index < -0.39 is 0 Å². The summed E-state index contributed by atoms with van der Waals surface area (Å²) in [6.07, 6.45) is 1.86. The third-order valence-electron chi connectivity index (χ3n) is 8.30. The third-order valence-corrected chi connectivity index (χ3v) is 8.30. The second-order valence-corrected chi connectivity index (χ2v) is 10.7. The number of hydrogen-bond donors (Lipinski definition) is 0. The van der Waals surface area contributed by atoms with Crippen LogP contribution in [0.25, 0.3) is 72.5 Å². The molecule has 0 fully saturated rings. The number of aromatic nitrogens is 5. The molecular weight excluding hydrogens is 526 g/mol. The molecule has 0 aliphatic heterocycles. The van der Waals surface area contributed by atoms with E-state index in [0.717, 1.165) is 61.7 Å². The van der Waals surface area contributed by atoms with Crippen LogP contribution in [0, 0.1) is 0 Å². The molecule has 5 aromatic carbocycles. The molecule has 0 saturated heterocycles. The number of imidazole rings is 1. The standard InChI is InChI=1S/C38H25N5/c1-4-14-26(15-5-1)37-40-38-36(42(37)28-18-8-3-9-19-28)34-32(41(38)27-16-6-2-7-17-27)24-23-30-29-20-10-11-21-31(29)43(35(30)34)33-22-12-13-25-39-33/h1-25H. The first-order valence-electron chi connectivity index (χ1n) is 14.5. The smallest absolute Gasteiger partial charge is 0.165 e. The lowest BCUT2D eigenvalue weighted by molar-refractivity contribution is 1.08. The van der Waals surface area contributed by atoms with Gasteiger partial charge in [-0.1, -0.05) is 97.1 Å². The molecule has 0 atom stereocenters. The number of fused-ring (bicyclic) bond motifs is 7. The van der Waals surface area contributed by atoms with Crippen molar-refractivity contribution >= 4 is 43.9 Å². The van der Waals surface area contributed by atoms with Crippen molar-refractivity contribution in [1.29, 1.82) is 0 Å². The third kappa shape index (κ3) is 3.45. The van der Waals surface area contributed by atoms with Gasteiger partial charge < -0.3 is 0 Å². The van der Waals surface area contributed by atoms with Gasteiger partial charge in [-0.2, -0.15) is 0 Å². The van der Waals surface area contributed by atoms with Gasteiger partial charge in [-0.3, -0.25) is 13.7 Å². The molecule has 4 aromatic heterocycles. The van der Waals surface area contributed by atoms with Gasteiger partial charge in [-0.25, -0.2) is 9.97 Å². The van der Waals surface area contributed by atoms with Crippen LogP contribution < -0.4 is 0 Å². The van der Waals surface area contributed by atoms with Crippen LogP contribution in [0.2, 0.25) is 0 Å². The zero-order valence-corrected chi connectivity index (χ0v) is 23.2. The Balaban J connectivity index is 1.58. The van der Waals surface area contributed by atoms with Gasteiger partial charge >= 0.3 is 0 Å². The zero-order valence-electron chi connectivity index (χ0n) is 23.2. The van der Waals surface area contributed by atoms with Crippen LogP contribution in [0.3, 0.4) is 0 Å². The minimum Gasteiger partial charge on any atom is -0.293 e. The van der Waals surface area contributed by atoms with E-state index in [2.05, 4.69) is 147 Å². The van der Waals surface area contributed by atoms with E-state index in [4.69, 9.17) is 9.97 Å². The first-order valence-corrected chi connectivity index (χ1v) is 14.5. The second kappa shape index (κ2) is 9.29. The van der Waals surface area contributed by atoms with Crippen LogP contribution in [0.1, 0.15) is 0 Å². The fraction of sp³-hybridized carbons (Fsp3) is 0. The Morgan fingerprint density at radius 3 is 1.81 bits per heavy atom. The molecule has 43 heavy (non-hydrogen) atoms. The first kappa shape index (κ1) is 23.7. The van der Waals surface area contributed by atoms with Crippen LogP contribution in [-0.2, 0) is 0 Å². The Labute approximate surface area is 247 Å². The zero-order chi connectivity index (χ0) is 28.3. The molecule has 5 nitrogen and oxygen atoms in total. The van der Waals surface area contributed by atoms with E-state index in [0.29, 0.717) is 0 Å². The Morgan fingerprint density at radius 1 is 0.442 bits per heavy atom. The molecule has 4 heterocycles. The van der Waals surface area contributed by atoms with E-state index in [1.165, 1.54) is 10.8 Å². The van der Waals surface area contributed by atoms with Crippen molar-refractivity contribution < 1.29 is 0 Å². The normalized spacial score (nSPS) is 11.7. The highest BCUT2D eigenvalue weighted by Crippen LogP contribution is 2.43. The number of pyridine rings is 1. The number of benzene rings is 5. The Bertz CT molecular complexity index is 2420. The van der Waals surface area contributed by atoms with Crippen LogP contribution in [0.15, 0.2) is 152 Å². The van der Waals surface area contributed by atoms with Gasteiger partial charge in [0.25, 0.3) is 0 Å². The van der Waals surface area contributed by atoms with Crippen molar-refractivity contribution in [2.24, 2.45) is 0 Å². The topological polar surface area (TPSA) is 40.6 Å². The van der Waals surface area contributed by atoms with E-state index in [1.807, 2.05) is 18.3 Å². The minimum absolute atomic E-state index is 0.885. The molecule has 9 rings (SSSR count). The summed E-state index contributed by atoms with van der Waals surface area (Å²) in [5, 5.41) is 3.51. The highest BCUT2D eigenvalue weighted by molar-refractivity contribution is 6.25. The second-order valence-electron chi connectivity index (χ2n) is 10.7. The Morgan fingerprint density at radius 2 is 1.09 bits per heavy atom. The molecule has 0 bridgehead atoms. The molecule has 9 aromatic rings. The van der Waals surface area contributed by atoms with Crippen LogP contribution >= 0.6 is 0 Å². The molecule has 0 N–H and O–H groups in total. The fourth-order valence-corrected chi connectivity index (χ4v) is 6.54. The summed E-state index contributed by atoms with van der Waals surface area (Å²) >= 11 is 0. The number of hydrogen-bond acceptors (Lipinski definition) is 2. The highest BCUT2D eigenvalue weighted by Gasteiger charge is 2.27. The van der Waals surface area contributed by atoms with Crippen molar-refractivity contribution in [1.82, 2.24) is 23.7 Å². The number of nitrogens with zero attached hydrogens (tertiary/aromatic N) is 5. The average molecular weight is 552 g/mol. The largest absolute Gasteiger partial charge is 0.293 e. The Hall–Kier alpha value is -5.94. The molecule has 0 spiro atoms. The summed E-state index contributed by atoms with van der Waals surface area (Å²) in [5.74, 6) is 1.79. The van der Waals surface area contributed by atoms with Crippen molar-refractivity contribution in [2.75, 3.05) is 0 Å². The monoisotopic (exact) mass is 551 g/mol. The van der Waals surface area contributed by atoms with Gasteiger partial charge in [-0.05, 0) is 48.5 Å². The number of rotatable bonds is 4. The van der Waals surface area contributed by atoms with Crippen molar-refractivity contribution in [3.8, 4) is 28.6 Å². The van der Waals surface area contributed by atoms with Crippen LogP contribution in [0.5, 0.6) is 0 Å². The number of para-hydroxylation sites is 3. The van der Waals surface area contributed by atoms with Gasteiger partial charge in [0, 0.05) is 33.9 Å². The molecular formula is C38H25N5. The molecule has 0 aliphatic carbocycles. The van der Waals surface area contributed by atoms with Gasteiger partial charge in [0.05, 0.1) is 21.9 Å². The average Bonchev–Trinajstić information content (AvgIpc) is 3.73. The summed E-state index contributed by atoms with van der Waals surface area (Å²) in [7, 11) is 0. The highest BCUT2D eigenvalue weighted by atomic mass is 15.2. The van der Waals surface area contributed by atoms with E-state index in [1.54, 1.807) is 0 Å². The molecule has 0 aliphatic rings. The summed E-state index contributed by atoms with van der Waals surface area (Å²) in [6.45, 7) is 0. The molecule has 0 saturated carbocycles. The molecule has 5 heteroatoms. The lowest BCUT2D eigenvalue weighted by atomic mass is 10.1. The molecule has 0 unspecified atom stereocenters. The quantitative estimate of drug-likeness (QED) is 0.219.